The van der Waals surface area contributed by atoms with Crippen LogP contribution in [0.2, 0.25) is 0 Å². The Morgan fingerprint density at radius 2 is 1.01 bits per heavy atom. The molecule has 1 saturated heterocycles. The second kappa shape index (κ2) is 25.0. The van der Waals surface area contributed by atoms with Gasteiger partial charge in [0.15, 0.2) is 23.2 Å². The molecule has 7 heterocycles. The lowest BCUT2D eigenvalue weighted by atomic mass is 9.78. The fourth-order valence-electron chi connectivity index (χ4n) is 9.85. The number of anilines is 2. The number of aromatic nitrogens is 10. The van der Waals surface area contributed by atoms with Crippen LogP contribution in [0.3, 0.4) is 0 Å². The highest BCUT2D eigenvalue weighted by Crippen LogP contribution is 2.60. The Balaban J connectivity index is 0.000000169. The molecule has 0 unspecified atom stereocenters. The van der Waals surface area contributed by atoms with Gasteiger partial charge in [-0.25, -0.2) is 28.7 Å². The molecule has 0 spiro atoms. The number of nitrogens with one attached hydrogen (secondary N) is 2. The number of carbonyl (C=O) groups is 2. The number of rotatable bonds is 16. The van der Waals surface area contributed by atoms with E-state index in [-0.39, 0.29) is 78.7 Å². The Morgan fingerprint density at radius 3 is 1.40 bits per heavy atom. The zero-order valence-corrected chi connectivity index (χ0v) is 51.4. The van der Waals surface area contributed by atoms with Gasteiger partial charge in [0.25, 0.3) is 0 Å². The Bertz CT molecular complexity index is 3780. The van der Waals surface area contributed by atoms with E-state index in [4.69, 9.17) is 18.4 Å². The van der Waals surface area contributed by atoms with E-state index in [1.54, 1.807) is 41.6 Å². The maximum Gasteiger partial charge on any atom is 0.494 e. The van der Waals surface area contributed by atoms with Crippen LogP contribution in [0.5, 0.6) is 0 Å². The van der Waals surface area contributed by atoms with Gasteiger partial charge in [-0.1, -0.05) is 62.3 Å². The van der Waals surface area contributed by atoms with Gasteiger partial charge in [-0.15, -0.1) is 0 Å². The minimum absolute atomic E-state index is 0.0839. The summed E-state index contributed by atoms with van der Waals surface area (Å²) in [6.07, 6.45) is 2.10. The molecule has 0 radical (unpaired) electrons. The molecule has 8 aromatic rings. The van der Waals surface area contributed by atoms with Gasteiger partial charge in [0, 0.05) is 92.9 Å². The predicted molar refractivity (Wildman–Crippen MR) is 311 cm³/mol. The Labute approximate surface area is 510 Å². The number of amides is 2. The first-order valence-electron chi connectivity index (χ1n) is 28.2. The zero-order chi connectivity index (χ0) is 63.9. The summed E-state index contributed by atoms with van der Waals surface area (Å²) in [5, 5.41) is 20.7. The summed E-state index contributed by atoms with van der Waals surface area (Å²) in [6.45, 7) is 16.0. The average Bonchev–Trinajstić information content (AvgIpc) is 1.92. The summed E-state index contributed by atoms with van der Waals surface area (Å²) >= 11 is 3.33. The number of carbonyl (C=O) groups excluding carboxylic acids is 2. The second-order valence-corrected chi connectivity index (χ2v) is 24.7. The number of alkyl halides is 6. The molecular weight excluding hydrogens is 1230 g/mol. The van der Waals surface area contributed by atoms with Gasteiger partial charge in [0.05, 0.1) is 39.9 Å². The molecule has 18 nitrogen and oxygen atoms in total. The minimum Gasteiger partial charge on any atom is -0.399 e. The first-order chi connectivity index (χ1) is 41.2. The van der Waals surface area contributed by atoms with Crippen LogP contribution in [0.25, 0.3) is 11.1 Å². The molecule has 466 valence electrons. The highest BCUT2D eigenvalue weighted by Gasteiger charge is 2.68. The molecule has 2 aliphatic carbocycles. The van der Waals surface area contributed by atoms with Crippen LogP contribution in [0.1, 0.15) is 150 Å². The van der Waals surface area contributed by atoms with Crippen molar-refractivity contribution in [3.8, 4) is 11.1 Å². The Morgan fingerprint density at radius 1 is 0.602 bits per heavy atom. The second-order valence-electron chi connectivity index (χ2n) is 23.8. The highest BCUT2D eigenvalue weighted by molar-refractivity contribution is 9.10. The quantitative estimate of drug-likeness (QED) is 0.0680. The Kier molecular flexibility index (Phi) is 18.4. The topological polar surface area (TPSA) is 216 Å². The minimum atomic E-state index is -4.46. The SMILES string of the molecule is CC(C)c1nn(C)cc1Cc1ncc(-c2ccc(CC(=O)Nc3cc(C4(C(F)(F)F)CC4)on3)c(F)c2)cn1.CC(C)c1nn(C)cc1Cc1ncc(Br)cn1.CC1(C)OB(c2ccc(CC(=O)Nc3cc(C4(C(F)(F)F)CC4)on3)c(F)c2)OC1(C)C. The van der Waals surface area contributed by atoms with Crippen molar-refractivity contribution in [1.82, 2.24) is 49.8 Å². The zero-order valence-electron chi connectivity index (χ0n) is 49.8. The van der Waals surface area contributed by atoms with Crippen LogP contribution < -0.4 is 16.1 Å². The maximum atomic E-state index is 14.8. The van der Waals surface area contributed by atoms with E-state index < -0.39 is 65.0 Å². The largest absolute Gasteiger partial charge is 0.494 e. The van der Waals surface area contributed by atoms with Crippen LogP contribution in [0.4, 0.5) is 46.8 Å². The Hall–Kier alpha value is -7.72. The summed E-state index contributed by atoms with van der Waals surface area (Å²) in [6, 6.07) is 10.9. The van der Waals surface area contributed by atoms with E-state index in [1.165, 1.54) is 29.8 Å². The third kappa shape index (κ3) is 14.5. The molecule has 0 bridgehead atoms. The summed E-state index contributed by atoms with van der Waals surface area (Å²) in [5.41, 5.74) is 0.992. The maximum absolute atomic E-state index is 14.8. The normalized spacial score (nSPS) is 16.2. The molecule has 2 N–H and O–H groups in total. The van der Waals surface area contributed by atoms with Gasteiger partial charge in [0.2, 0.25) is 11.8 Å². The van der Waals surface area contributed by atoms with E-state index in [0.717, 1.165) is 45.8 Å². The third-order valence-electron chi connectivity index (χ3n) is 15.8. The van der Waals surface area contributed by atoms with Gasteiger partial charge >= 0.3 is 19.5 Å². The summed E-state index contributed by atoms with van der Waals surface area (Å²) in [4.78, 5) is 42.1. The molecule has 88 heavy (non-hydrogen) atoms. The average molecular weight is 1290 g/mol. The summed E-state index contributed by atoms with van der Waals surface area (Å²) < 4.78 is 135. The molecule has 2 aromatic carbocycles. The van der Waals surface area contributed by atoms with Crippen molar-refractivity contribution in [3.63, 3.8) is 0 Å². The lowest BCUT2D eigenvalue weighted by Crippen LogP contribution is -2.41. The summed E-state index contributed by atoms with van der Waals surface area (Å²) in [5.74, 6) is -1.35. The number of halogens is 9. The molecule has 3 fully saturated rings. The van der Waals surface area contributed by atoms with Gasteiger partial charge < -0.3 is 29.0 Å². The number of hydrogen-bond donors (Lipinski definition) is 2. The fourth-order valence-corrected chi connectivity index (χ4v) is 10.1. The monoisotopic (exact) mass is 1290 g/mol. The highest BCUT2D eigenvalue weighted by atomic mass is 79.9. The lowest BCUT2D eigenvalue weighted by molar-refractivity contribution is -0.166. The molecule has 3 aliphatic rings. The van der Waals surface area contributed by atoms with Crippen LogP contribution in [0, 0.1) is 11.6 Å². The van der Waals surface area contributed by atoms with Crippen LogP contribution >= 0.6 is 15.9 Å². The molecular formula is C60H64BBrF8N12O6. The van der Waals surface area contributed by atoms with E-state index in [0.29, 0.717) is 34.8 Å². The van der Waals surface area contributed by atoms with Crippen molar-refractivity contribution in [3.05, 3.63) is 159 Å². The van der Waals surface area contributed by atoms with Crippen LogP contribution in [0.15, 0.2) is 99.2 Å². The van der Waals surface area contributed by atoms with E-state index in [1.807, 2.05) is 58.9 Å². The van der Waals surface area contributed by atoms with Gasteiger partial charge in [-0.3, -0.25) is 19.0 Å². The molecule has 0 atom stereocenters. The van der Waals surface area contributed by atoms with Crippen LogP contribution in [-0.4, -0.2) is 92.3 Å². The molecule has 1 aliphatic heterocycles. The molecule has 2 amide bonds. The number of hydrogen-bond acceptors (Lipinski definition) is 14. The standard InChI is InChI=1S/C27H26F4N6O2.C21H23BF4N2O4.C12H15BrN4/c1-15(2)25-18(14-37(3)35-25)9-22-32-12-19(13-33-22)16-4-5-17(20(28)8-16)10-24(38)34-23-11-21(39-36-23)26(6-7-26)27(29,30)31;1-18(2)19(3,4)32-22(31-18)13-6-5-12(14(23)10-13)9-17(29)27-16-11-15(30-28-16)20(7-8-20)21(24,25)26;1-8(2)12-9(7-17(3)16-12)4-11-14-5-10(13)6-15-11/h4-5,8,11-15H,6-7,9-10H2,1-3H3,(H,34,36,38);5-6,10-11H,7-9H2,1-4H3,(H,27,28,29);5-8H,4H2,1-3H3. The first-order valence-corrected chi connectivity index (χ1v) is 29.0. The van der Waals surface area contributed by atoms with Crippen molar-refractivity contribution in [2.45, 2.75) is 153 Å². The number of aryl methyl sites for hydroxylation is 2. The van der Waals surface area contributed by atoms with Crippen molar-refractivity contribution in [2.24, 2.45) is 14.1 Å². The van der Waals surface area contributed by atoms with Gasteiger partial charge in [-0.05, 0) is 115 Å². The number of nitrogens with zero attached hydrogens (tertiary/aromatic N) is 10. The third-order valence-corrected chi connectivity index (χ3v) is 16.2. The molecule has 6 aromatic heterocycles. The van der Waals surface area contributed by atoms with Crippen molar-refractivity contribution < 1.29 is 63.1 Å². The van der Waals surface area contributed by atoms with E-state index >= 15 is 0 Å². The lowest BCUT2D eigenvalue weighted by Gasteiger charge is -2.32. The molecule has 11 rings (SSSR count). The molecule has 2 saturated carbocycles. The summed E-state index contributed by atoms with van der Waals surface area (Å²) in [7, 11) is 3.07. The van der Waals surface area contributed by atoms with E-state index in [2.05, 4.69) is 94.7 Å². The molecule has 28 heteroatoms. The van der Waals surface area contributed by atoms with Crippen molar-refractivity contribution in [2.75, 3.05) is 10.6 Å². The van der Waals surface area contributed by atoms with E-state index in [9.17, 15) is 44.7 Å². The fraction of sp³-hybridized carbons (Fsp3) is 0.433. The first kappa shape index (κ1) is 64.8. The van der Waals surface area contributed by atoms with Gasteiger partial charge in [-0.2, -0.15) is 36.5 Å². The van der Waals surface area contributed by atoms with Crippen LogP contribution in [-0.2, 0) is 69.5 Å². The van der Waals surface area contributed by atoms with Crippen molar-refractivity contribution in [1.29, 1.82) is 0 Å². The number of benzene rings is 2. The van der Waals surface area contributed by atoms with Crippen molar-refractivity contribution >= 4 is 52.0 Å². The predicted octanol–water partition coefficient (Wildman–Crippen LogP) is 12.1. The smallest absolute Gasteiger partial charge is 0.399 e. The van der Waals surface area contributed by atoms with Gasteiger partial charge in [0.1, 0.15) is 34.1 Å².